The zero-order chi connectivity index (χ0) is 9.78. The van der Waals surface area contributed by atoms with E-state index in [1.807, 2.05) is 6.92 Å². The molecule has 0 saturated heterocycles. The molecule has 0 radical (unpaired) electrons. The van der Waals surface area contributed by atoms with Crippen molar-refractivity contribution in [1.82, 2.24) is 0 Å². The van der Waals surface area contributed by atoms with E-state index in [1.165, 1.54) is 0 Å². The molecule has 1 atom stereocenters. The molecule has 0 saturated carbocycles. The van der Waals surface area contributed by atoms with Crippen molar-refractivity contribution >= 4 is 0 Å². The van der Waals surface area contributed by atoms with Crippen LogP contribution in [-0.2, 0) is 0 Å². The number of hydrogen-bond donors (Lipinski definition) is 0. The Bertz CT molecular complexity index is 196. The molecule has 0 bridgehead atoms. The number of nitrogens with zero attached hydrogens (tertiary/aromatic N) is 1. The van der Waals surface area contributed by atoms with Crippen molar-refractivity contribution < 1.29 is 4.48 Å². The number of hydrogen-bond acceptors (Lipinski definition) is 0. The summed E-state index contributed by atoms with van der Waals surface area (Å²) in [4.78, 5) is 0. The molecule has 1 nitrogen and oxygen atoms in total. The zero-order valence-electron chi connectivity index (χ0n) is 8.72. The van der Waals surface area contributed by atoms with Crippen molar-refractivity contribution in [3.05, 3.63) is 12.3 Å². The van der Waals surface area contributed by atoms with Gasteiger partial charge in [0.15, 0.2) is 0 Å². The summed E-state index contributed by atoms with van der Waals surface area (Å²) in [7, 11) is 2.06. The van der Waals surface area contributed by atoms with Crippen LogP contribution < -0.4 is 0 Å². The van der Waals surface area contributed by atoms with Crippen LogP contribution in [-0.4, -0.2) is 17.6 Å². The maximum Gasteiger partial charge on any atom is 0.139 e. The number of rotatable bonds is 4. The lowest BCUT2D eigenvalue weighted by Crippen LogP contribution is -2.45. The van der Waals surface area contributed by atoms with E-state index in [-0.39, 0.29) is 0 Å². The quantitative estimate of drug-likeness (QED) is 0.445. The van der Waals surface area contributed by atoms with Crippen LogP contribution >= 0.6 is 0 Å². The molecule has 1 heteroatoms. The van der Waals surface area contributed by atoms with Crippen LogP contribution in [0.15, 0.2) is 12.3 Å². The second-order valence-corrected chi connectivity index (χ2v) is 3.41. The lowest BCUT2D eigenvalue weighted by Gasteiger charge is -2.34. The number of terminal acetylenes is 1. The van der Waals surface area contributed by atoms with Crippen molar-refractivity contribution in [2.45, 2.75) is 39.7 Å². The summed E-state index contributed by atoms with van der Waals surface area (Å²) in [5.74, 6) is 0. The van der Waals surface area contributed by atoms with Crippen molar-refractivity contribution in [2.75, 3.05) is 7.05 Å². The monoisotopic (exact) mass is 166 g/mol. The molecule has 0 aromatic heterocycles. The molecule has 0 aliphatic heterocycles. The van der Waals surface area contributed by atoms with Gasteiger partial charge in [-0.3, -0.25) is 0 Å². The van der Waals surface area contributed by atoms with Gasteiger partial charge in [0.1, 0.15) is 17.8 Å². The summed E-state index contributed by atoms with van der Waals surface area (Å²) in [6.45, 7) is 10.3. The van der Waals surface area contributed by atoms with E-state index in [0.29, 0.717) is 10.5 Å². The summed E-state index contributed by atoms with van der Waals surface area (Å²) in [6, 6.07) is 3.32. The molecule has 0 fully saturated rings. The van der Waals surface area contributed by atoms with Crippen molar-refractivity contribution in [3.8, 4) is 12.5 Å². The Morgan fingerprint density at radius 3 is 2.00 bits per heavy atom. The molecule has 0 heterocycles. The minimum Gasteiger partial charge on any atom is -0.219 e. The largest absolute Gasteiger partial charge is 0.219 e. The summed E-state index contributed by atoms with van der Waals surface area (Å²) in [5.41, 5.74) is 1.05. The highest BCUT2D eigenvalue weighted by Crippen LogP contribution is 2.21. The lowest BCUT2D eigenvalue weighted by atomic mass is 10.1. The smallest absolute Gasteiger partial charge is 0.139 e. The molecule has 68 valence electrons. The normalized spacial score (nSPS) is 15.3. The van der Waals surface area contributed by atoms with Gasteiger partial charge in [0.2, 0.25) is 0 Å². The maximum atomic E-state index is 5.52. The van der Waals surface area contributed by atoms with Gasteiger partial charge in [-0.15, -0.1) is 0 Å². The van der Waals surface area contributed by atoms with Crippen LogP contribution in [0.5, 0.6) is 0 Å². The first-order valence-electron chi connectivity index (χ1n) is 4.53. The SMILES string of the molecule is C#C[N+](C)(C(=C)C)C(CC)CC. The third-order valence-electron chi connectivity index (χ3n) is 2.73. The number of allylic oxidation sites excluding steroid dienone is 1. The Morgan fingerprint density at radius 1 is 1.50 bits per heavy atom. The maximum absolute atomic E-state index is 5.52. The van der Waals surface area contributed by atoms with Gasteiger partial charge < -0.3 is 0 Å². The van der Waals surface area contributed by atoms with Crippen LogP contribution in [0, 0.1) is 12.5 Å². The van der Waals surface area contributed by atoms with E-state index >= 15 is 0 Å². The number of quaternary nitrogens is 1. The fraction of sp³-hybridized carbons (Fsp3) is 0.636. The average Bonchev–Trinajstić information content (AvgIpc) is 2.05. The Morgan fingerprint density at radius 2 is 1.92 bits per heavy atom. The van der Waals surface area contributed by atoms with Crippen molar-refractivity contribution in [3.63, 3.8) is 0 Å². The molecule has 0 amide bonds. The van der Waals surface area contributed by atoms with Gasteiger partial charge >= 0.3 is 0 Å². The Labute approximate surface area is 76.7 Å². The molecule has 0 aliphatic carbocycles. The third-order valence-corrected chi connectivity index (χ3v) is 2.73. The molecule has 0 N–H and O–H groups in total. The molecular formula is C11H20N+. The van der Waals surface area contributed by atoms with Gasteiger partial charge in [-0.05, 0) is 19.4 Å². The van der Waals surface area contributed by atoms with Crippen LogP contribution in [0.2, 0.25) is 0 Å². The third kappa shape index (κ3) is 1.89. The molecular weight excluding hydrogens is 146 g/mol. The predicted molar refractivity (Wildman–Crippen MR) is 54.2 cm³/mol. The topological polar surface area (TPSA) is 0 Å². The molecule has 0 spiro atoms. The van der Waals surface area contributed by atoms with Crippen molar-refractivity contribution in [1.29, 1.82) is 0 Å². The average molecular weight is 166 g/mol. The fourth-order valence-electron chi connectivity index (χ4n) is 1.55. The second-order valence-electron chi connectivity index (χ2n) is 3.41. The highest BCUT2D eigenvalue weighted by molar-refractivity contribution is 4.88. The van der Waals surface area contributed by atoms with Crippen LogP contribution in [0.25, 0.3) is 0 Å². The van der Waals surface area contributed by atoms with E-state index in [1.54, 1.807) is 0 Å². The molecule has 12 heavy (non-hydrogen) atoms. The first-order valence-corrected chi connectivity index (χ1v) is 4.53. The predicted octanol–water partition coefficient (Wildman–Crippen LogP) is 2.75. The first-order chi connectivity index (χ1) is 5.52. The molecule has 0 aliphatic rings. The van der Waals surface area contributed by atoms with Crippen LogP contribution in [0.3, 0.4) is 0 Å². The van der Waals surface area contributed by atoms with Crippen LogP contribution in [0.4, 0.5) is 0 Å². The molecule has 0 aromatic carbocycles. The Kier molecular flexibility index (Phi) is 4.06. The van der Waals surface area contributed by atoms with Gasteiger partial charge in [-0.25, -0.2) is 4.48 Å². The minimum absolute atomic E-state index is 0.507. The van der Waals surface area contributed by atoms with Gasteiger partial charge in [-0.1, -0.05) is 20.3 Å². The minimum atomic E-state index is 0.507. The lowest BCUT2D eigenvalue weighted by molar-refractivity contribution is -0.831. The molecule has 0 rings (SSSR count). The highest BCUT2D eigenvalue weighted by Gasteiger charge is 2.29. The standard InChI is InChI=1S/C11H20N/c1-7-11(8-2)12(6,9-3)10(4)5/h3,11H,4,7-8H2,1-2,5-6H3/q+1. The van der Waals surface area contributed by atoms with Gasteiger partial charge in [-0.2, -0.15) is 0 Å². The second kappa shape index (κ2) is 4.33. The molecule has 1 unspecified atom stereocenters. The summed E-state index contributed by atoms with van der Waals surface area (Å²) >= 11 is 0. The van der Waals surface area contributed by atoms with E-state index in [4.69, 9.17) is 6.42 Å². The molecule has 0 aromatic rings. The Hall–Kier alpha value is -0.740. The van der Waals surface area contributed by atoms with Gasteiger partial charge in [0.05, 0.1) is 7.05 Å². The summed E-state index contributed by atoms with van der Waals surface area (Å²) < 4.78 is 0.562. The van der Waals surface area contributed by atoms with Crippen LogP contribution in [0.1, 0.15) is 33.6 Å². The first kappa shape index (κ1) is 11.3. The van der Waals surface area contributed by atoms with E-state index < -0.39 is 0 Å². The zero-order valence-corrected chi connectivity index (χ0v) is 8.72. The summed E-state index contributed by atoms with van der Waals surface area (Å²) in [6.07, 6.45) is 7.72. The van der Waals surface area contributed by atoms with E-state index in [2.05, 4.69) is 33.5 Å². The van der Waals surface area contributed by atoms with E-state index in [0.717, 1.165) is 18.5 Å². The van der Waals surface area contributed by atoms with Crippen molar-refractivity contribution in [2.24, 2.45) is 0 Å². The fourth-order valence-corrected chi connectivity index (χ4v) is 1.55. The Balaban J connectivity index is 4.75. The van der Waals surface area contributed by atoms with E-state index in [9.17, 15) is 0 Å². The van der Waals surface area contributed by atoms with Gasteiger partial charge in [0, 0.05) is 6.92 Å². The summed E-state index contributed by atoms with van der Waals surface area (Å²) in [5, 5.41) is 0. The highest BCUT2D eigenvalue weighted by atomic mass is 15.3. The van der Waals surface area contributed by atoms with Gasteiger partial charge in [0.25, 0.3) is 0 Å².